The number of hydrogen-bond donors (Lipinski definition) is 2. The van der Waals surface area contributed by atoms with E-state index in [9.17, 15) is 4.79 Å². The van der Waals surface area contributed by atoms with E-state index in [4.69, 9.17) is 9.52 Å². The summed E-state index contributed by atoms with van der Waals surface area (Å²) in [6, 6.07) is 18.0. The number of thiazole rings is 1. The summed E-state index contributed by atoms with van der Waals surface area (Å²) in [5.74, 6) is 0.157. The Morgan fingerprint density at radius 2 is 2.04 bits per heavy atom. The molecule has 6 nitrogen and oxygen atoms in total. The van der Waals surface area contributed by atoms with Crippen LogP contribution in [-0.4, -0.2) is 22.3 Å². The fourth-order valence-electron chi connectivity index (χ4n) is 2.45. The van der Waals surface area contributed by atoms with Crippen LogP contribution in [0.15, 0.2) is 70.2 Å². The standard InChI is InChI=1S/C19H13N3O3S/c23-18(24)13-5-3-4-12(10-13)16-9-8-14(25-16)11-20-22-19-21-15-6-1-2-7-17(15)26-19/h1-11H,(H,21,22)(H,23,24). The molecule has 0 amide bonds. The number of furan rings is 1. The van der Waals surface area contributed by atoms with E-state index in [2.05, 4.69) is 15.5 Å². The number of carboxylic acids is 1. The summed E-state index contributed by atoms with van der Waals surface area (Å²) in [6.07, 6.45) is 1.55. The molecular formula is C19H13N3O3S. The molecule has 0 aliphatic carbocycles. The van der Waals surface area contributed by atoms with E-state index >= 15 is 0 Å². The van der Waals surface area contributed by atoms with Crippen LogP contribution in [0.3, 0.4) is 0 Å². The molecule has 4 rings (SSSR count). The maximum absolute atomic E-state index is 11.1. The van der Waals surface area contributed by atoms with Crippen LogP contribution in [0.1, 0.15) is 16.1 Å². The van der Waals surface area contributed by atoms with Crippen molar-refractivity contribution in [3.8, 4) is 11.3 Å². The van der Waals surface area contributed by atoms with Gasteiger partial charge in [-0.05, 0) is 36.4 Å². The van der Waals surface area contributed by atoms with Crippen molar-refractivity contribution in [2.24, 2.45) is 5.10 Å². The maximum atomic E-state index is 11.1. The Morgan fingerprint density at radius 3 is 2.88 bits per heavy atom. The lowest BCUT2D eigenvalue weighted by molar-refractivity contribution is 0.0697. The van der Waals surface area contributed by atoms with Crippen LogP contribution in [0.4, 0.5) is 5.13 Å². The Morgan fingerprint density at radius 1 is 1.15 bits per heavy atom. The van der Waals surface area contributed by atoms with E-state index in [1.165, 1.54) is 11.3 Å². The number of nitrogens with one attached hydrogen (secondary N) is 1. The molecule has 0 atom stereocenters. The minimum atomic E-state index is -0.972. The normalized spacial score (nSPS) is 11.2. The molecule has 2 aromatic carbocycles. The highest BCUT2D eigenvalue weighted by Gasteiger charge is 2.08. The maximum Gasteiger partial charge on any atom is 0.335 e. The Balaban J connectivity index is 1.48. The number of para-hydroxylation sites is 1. The van der Waals surface area contributed by atoms with Crippen molar-refractivity contribution in [3.05, 3.63) is 72.0 Å². The van der Waals surface area contributed by atoms with E-state index in [1.807, 2.05) is 24.3 Å². The van der Waals surface area contributed by atoms with Gasteiger partial charge < -0.3 is 9.52 Å². The number of carboxylic acid groups (broad SMARTS) is 1. The number of aromatic nitrogens is 1. The number of carbonyl (C=O) groups is 1. The molecule has 2 heterocycles. The topological polar surface area (TPSA) is 87.7 Å². The largest absolute Gasteiger partial charge is 0.478 e. The lowest BCUT2D eigenvalue weighted by Crippen LogP contribution is -1.95. The number of nitrogens with zero attached hydrogens (tertiary/aromatic N) is 2. The van der Waals surface area contributed by atoms with Gasteiger partial charge in [-0.1, -0.05) is 35.6 Å². The number of aromatic carboxylic acids is 1. The van der Waals surface area contributed by atoms with Crippen molar-refractivity contribution in [2.45, 2.75) is 0 Å². The first-order valence-electron chi connectivity index (χ1n) is 7.77. The van der Waals surface area contributed by atoms with Gasteiger partial charge >= 0.3 is 5.97 Å². The Hall–Kier alpha value is -3.45. The average molecular weight is 363 g/mol. The highest BCUT2D eigenvalue weighted by molar-refractivity contribution is 7.22. The van der Waals surface area contributed by atoms with Crippen LogP contribution in [0.5, 0.6) is 0 Å². The second kappa shape index (κ2) is 6.81. The van der Waals surface area contributed by atoms with Gasteiger partial charge in [-0.25, -0.2) is 9.78 Å². The monoisotopic (exact) mass is 363 g/mol. The smallest absolute Gasteiger partial charge is 0.335 e. The molecular weight excluding hydrogens is 350 g/mol. The lowest BCUT2D eigenvalue weighted by atomic mass is 10.1. The van der Waals surface area contributed by atoms with Gasteiger partial charge in [-0.15, -0.1) is 0 Å². The molecule has 4 aromatic rings. The predicted octanol–water partition coefficient (Wildman–Crippen LogP) is 4.70. The van der Waals surface area contributed by atoms with Gasteiger partial charge in [0, 0.05) is 5.56 Å². The zero-order chi connectivity index (χ0) is 17.9. The zero-order valence-corrected chi connectivity index (χ0v) is 14.2. The van der Waals surface area contributed by atoms with Gasteiger partial charge in [0.15, 0.2) is 0 Å². The Labute approximate surface area is 152 Å². The number of hydrazone groups is 1. The van der Waals surface area contributed by atoms with Crippen LogP contribution in [0, 0.1) is 0 Å². The molecule has 0 radical (unpaired) electrons. The van der Waals surface area contributed by atoms with Crippen LogP contribution < -0.4 is 5.43 Å². The summed E-state index contributed by atoms with van der Waals surface area (Å²) in [7, 11) is 0. The molecule has 0 aliphatic heterocycles. The van der Waals surface area contributed by atoms with Crippen molar-refractivity contribution < 1.29 is 14.3 Å². The second-order valence-corrected chi connectivity index (χ2v) is 6.48. The minimum absolute atomic E-state index is 0.214. The van der Waals surface area contributed by atoms with Crippen molar-refractivity contribution in [1.29, 1.82) is 0 Å². The molecule has 2 N–H and O–H groups in total. The molecule has 0 unspecified atom stereocenters. The summed E-state index contributed by atoms with van der Waals surface area (Å²) < 4.78 is 6.79. The lowest BCUT2D eigenvalue weighted by Gasteiger charge is -1.98. The molecule has 26 heavy (non-hydrogen) atoms. The van der Waals surface area contributed by atoms with Crippen molar-refractivity contribution in [3.63, 3.8) is 0 Å². The summed E-state index contributed by atoms with van der Waals surface area (Å²) >= 11 is 1.52. The number of rotatable bonds is 5. The molecule has 0 saturated carbocycles. The first-order chi connectivity index (χ1) is 12.7. The first kappa shape index (κ1) is 16.0. The highest BCUT2D eigenvalue weighted by atomic mass is 32.1. The number of anilines is 1. The minimum Gasteiger partial charge on any atom is -0.478 e. The van der Waals surface area contributed by atoms with Crippen LogP contribution in [0.25, 0.3) is 21.5 Å². The van der Waals surface area contributed by atoms with E-state index in [0.29, 0.717) is 22.2 Å². The third kappa shape index (κ3) is 3.33. The van der Waals surface area contributed by atoms with Gasteiger partial charge in [-0.2, -0.15) is 5.10 Å². The Bertz CT molecular complexity index is 1080. The summed E-state index contributed by atoms with van der Waals surface area (Å²) in [5, 5.41) is 13.9. The number of fused-ring (bicyclic) bond motifs is 1. The molecule has 0 spiro atoms. The first-order valence-corrected chi connectivity index (χ1v) is 8.59. The summed E-state index contributed by atoms with van der Waals surface area (Å²) in [4.78, 5) is 15.5. The highest BCUT2D eigenvalue weighted by Crippen LogP contribution is 2.25. The van der Waals surface area contributed by atoms with E-state index < -0.39 is 5.97 Å². The van der Waals surface area contributed by atoms with E-state index in [1.54, 1.807) is 42.6 Å². The predicted molar refractivity (Wildman–Crippen MR) is 102 cm³/mol. The zero-order valence-electron chi connectivity index (χ0n) is 13.4. The quantitative estimate of drug-likeness (QED) is 0.396. The number of benzene rings is 2. The van der Waals surface area contributed by atoms with Crippen LogP contribution in [0.2, 0.25) is 0 Å². The van der Waals surface area contributed by atoms with Gasteiger partial charge in [0.05, 0.1) is 22.0 Å². The van der Waals surface area contributed by atoms with E-state index in [0.717, 1.165) is 10.2 Å². The van der Waals surface area contributed by atoms with Crippen molar-refractivity contribution in [1.82, 2.24) is 4.98 Å². The third-order valence-electron chi connectivity index (χ3n) is 3.67. The van der Waals surface area contributed by atoms with Gasteiger partial charge in [0.25, 0.3) is 0 Å². The van der Waals surface area contributed by atoms with Crippen LogP contribution >= 0.6 is 11.3 Å². The molecule has 128 valence electrons. The summed E-state index contributed by atoms with van der Waals surface area (Å²) in [5.41, 5.74) is 4.73. The number of hydrogen-bond acceptors (Lipinski definition) is 6. The third-order valence-corrected chi connectivity index (χ3v) is 4.61. The van der Waals surface area contributed by atoms with Crippen molar-refractivity contribution in [2.75, 3.05) is 5.43 Å². The SMILES string of the molecule is O=C(O)c1cccc(-c2ccc(C=NNc3nc4ccccc4s3)o2)c1. The van der Waals surface area contributed by atoms with Gasteiger partial charge in [-0.3, -0.25) is 5.43 Å². The molecule has 7 heteroatoms. The molecule has 0 fully saturated rings. The fourth-order valence-corrected chi connectivity index (χ4v) is 3.27. The van der Waals surface area contributed by atoms with Crippen LogP contribution in [-0.2, 0) is 0 Å². The second-order valence-electron chi connectivity index (χ2n) is 5.44. The molecule has 0 saturated heterocycles. The molecule has 0 aliphatic rings. The van der Waals surface area contributed by atoms with Gasteiger partial charge in [0.1, 0.15) is 11.5 Å². The average Bonchev–Trinajstić information content (AvgIpc) is 3.28. The van der Waals surface area contributed by atoms with E-state index in [-0.39, 0.29) is 5.56 Å². The fraction of sp³-hybridized carbons (Fsp3) is 0. The summed E-state index contributed by atoms with van der Waals surface area (Å²) in [6.45, 7) is 0. The van der Waals surface area contributed by atoms with Gasteiger partial charge in [0.2, 0.25) is 5.13 Å². The van der Waals surface area contributed by atoms with Crippen molar-refractivity contribution >= 4 is 38.9 Å². The Kier molecular flexibility index (Phi) is 4.20. The molecule has 0 bridgehead atoms. The molecule has 2 aromatic heterocycles.